The number of carbonyl (C=O) groups excluding carboxylic acids is 2. The molecule has 0 atom stereocenters. The van der Waals surface area contributed by atoms with Crippen LogP contribution < -0.4 is 20.3 Å². The number of benzene rings is 1. The zero-order chi connectivity index (χ0) is 18.6. The van der Waals surface area contributed by atoms with Crippen LogP contribution in [-0.4, -0.2) is 28.7 Å². The number of nitrogens with zero attached hydrogens (tertiary/aromatic N) is 2. The Labute approximate surface area is 157 Å². The van der Waals surface area contributed by atoms with E-state index in [-0.39, 0.29) is 25.5 Å². The zero-order valence-corrected chi connectivity index (χ0v) is 14.7. The van der Waals surface area contributed by atoms with Crippen LogP contribution in [0, 0.1) is 0 Å². The SMILES string of the molecule is O=C(CCc1nc(-c2ccsc2)no1)NNC(=O)c1ccc2c(c1)OCO2. The summed E-state index contributed by atoms with van der Waals surface area (Å²) in [5.41, 5.74) is 5.92. The lowest BCUT2D eigenvalue weighted by Gasteiger charge is -2.07. The molecule has 27 heavy (non-hydrogen) atoms. The van der Waals surface area contributed by atoms with Gasteiger partial charge in [-0.3, -0.25) is 20.4 Å². The van der Waals surface area contributed by atoms with Crippen molar-refractivity contribution in [3.8, 4) is 22.9 Å². The maximum absolute atomic E-state index is 12.1. The summed E-state index contributed by atoms with van der Waals surface area (Å²) < 4.78 is 15.5. The van der Waals surface area contributed by atoms with Gasteiger partial charge in [-0.2, -0.15) is 16.3 Å². The average molecular weight is 386 g/mol. The van der Waals surface area contributed by atoms with Crippen molar-refractivity contribution in [2.45, 2.75) is 12.8 Å². The second kappa shape index (κ2) is 7.46. The van der Waals surface area contributed by atoms with Crippen molar-refractivity contribution < 1.29 is 23.6 Å². The fourth-order valence-electron chi connectivity index (χ4n) is 2.38. The molecule has 3 heterocycles. The summed E-state index contributed by atoms with van der Waals surface area (Å²) in [4.78, 5) is 28.2. The van der Waals surface area contributed by atoms with Crippen molar-refractivity contribution in [1.29, 1.82) is 0 Å². The van der Waals surface area contributed by atoms with Crippen molar-refractivity contribution in [2.24, 2.45) is 0 Å². The highest BCUT2D eigenvalue weighted by Gasteiger charge is 2.17. The average Bonchev–Trinajstić information content (AvgIpc) is 3.44. The molecule has 1 aliphatic rings. The fraction of sp³-hybridized carbons (Fsp3) is 0.176. The van der Waals surface area contributed by atoms with Gasteiger partial charge in [-0.1, -0.05) is 5.16 Å². The molecule has 0 aliphatic carbocycles. The van der Waals surface area contributed by atoms with Gasteiger partial charge in [-0.25, -0.2) is 0 Å². The van der Waals surface area contributed by atoms with Crippen molar-refractivity contribution in [1.82, 2.24) is 21.0 Å². The number of nitrogens with one attached hydrogen (secondary N) is 2. The Morgan fingerprint density at radius 3 is 2.89 bits per heavy atom. The third-order valence-corrected chi connectivity index (χ3v) is 4.45. The number of carbonyl (C=O) groups is 2. The van der Waals surface area contributed by atoms with Crippen LogP contribution in [0.25, 0.3) is 11.4 Å². The lowest BCUT2D eigenvalue weighted by molar-refractivity contribution is -0.121. The zero-order valence-electron chi connectivity index (χ0n) is 13.9. The molecule has 4 rings (SSSR count). The van der Waals surface area contributed by atoms with Crippen LogP contribution >= 0.6 is 11.3 Å². The Morgan fingerprint density at radius 2 is 2.04 bits per heavy atom. The molecule has 0 bridgehead atoms. The fourth-order valence-corrected chi connectivity index (χ4v) is 3.02. The minimum absolute atomic E-state index is 0.0900. The van der Waals surface area contributed by atoms with Crippen molar-refractivity contribution >= 4 is 23.2 Å². The first kappa shape index (κ1) is 17.0. The molecule has 0 unspecified atom stereocenters. The van der Waals surface area contributed by atoms with E-state index in [4.69, 9.17) is 14.0 Å². The van der Waals surface area contributed by atoms with E-state index >= 15 is 0 Å². The molecule has 10 heteroatoms. The van der Waals surface area contributed by atoms with Crippen LogP contribution in [-0.2, 0) is 11.2 Å². The molecule has 0 fully saturated rings. The third-order valence-electron chi connectivity index (χ3n) is 3.76. The van der Waals surface area contributed by atoms with Gasteiger partial charge in [-0.15, -0.1) is 0 Å². The van der Waals surface area contributed by atoms with Gasteiger partial charge < -0.3 is 14.0 Å². The molecule has 0 spiro atoms. The van der Waals surface area contributed by atoms with E-state index in [0.29, 0.717) is 28.8 Å². The number of hydrogen-bond acceptors (Lipinski definition) is 8. The van der Waals surface area contributed by atoms with Crippen LogP contribution in [0.5, 0.6) is 11.5 Å². The summed E-state index contributed by atoms with van der Waals surface area (Å²) >= 11 is 1.54. The Balaban J connectivity index is 1.25. The van der Waals surface area contributed by atoms with Crippen LogP contribution in [0.4, 0.5) is 0 Å². The van der Waals surface area contributed by atoms with Gasteiger partial charge in [0.2, 0.25) is 24.4 Å². The maximum Gasteiger partial charge on any atom is 0.269 e. The summed E-state index contributed by atoms with van der Waals surface area (Å²) in [7, 11) is 0. The van der Waals surface area contributed by atoms with Crippen LogP contribution in [0.3, 0.4) is 0 Å². The first-order chi connectivity index (χ1) is 13.2. The highest BCUT2D eigenvalue weighted by Crippen LogP contribution is 2.32. The number of ether oxygens (including phenoxy) is 2. The smallest absolute Gasteiger partial charge is 0.269 e. The Bertz CT molecular complexity index is 970. The molecule has 3 aromatic rings. The van der Waals surface area contributed by atoms with Crippen LogP contribution in [0.1, 0.15) is 22.7 Å². The van der Waals surface area contributed by atoms with Gasteiger partial charge in [0.1, 0.15) is 0 Å². The molecule has 2 aromatic heterocycles. The standard InChI is InChI=1S/C17H14N4O5S/c22-14(3-4-15-18-16(21-26-15)11-5-6-27-8-11)19-20-17(23)10-1-2-12-13(7-10)25-9-24-12/h1-2,5-8H,3-4,9H2,(H,19,22)(H,20,23). The molecular weight excluding hydrogens is 372 g/mol. The predicted molar refractivity (Wildman–Crippen MR) is 94.1 cm³/mol. The van der Waals surface area contributed by atoms with E-state index in [0.717, 1.165) is 5.56 Å². The summed E-state index contributed by atoms with van der Waals surface area (Å²) in [5, 5.41) is 7.70. The topological polar surface area (TPSA) is 116 Å². The second-order valence-electron chi connectivity index (χ2n) is 5.59. The molecule has 0 radical (unpaired) electrons. The molecule has 0 saturated heterocycles. The number of aryl methyl sites for hydroxylation is 1. The number of thiophene rings is 1. The van der Waals surface area contributed by atoms with Gasteiger partial charge >= 0.3 is 0 Å². The first-order valence-corrected chi connectivity index (χ1v) is 8.97. The van der Waals surface area contributed by atoms with Gasteiger partial charge in [0.15, 0.2) is 11.5 Å². The Kier molecular flexibility index (Phi) is 4.71. The maximum atomic E-state index is 12.1. The largest absolute Gasteiger partial charge is 0.454 e. The van der Waals surface area contributed by atoms with Crippen LogP contribution in [0.15, 0.2) is 39.5 Å². The normalized spacial score (nSPS) is 12.0. The molecule has 0 saturated carbocycles. The molecule has 2 N–H and O–H groups in total. The minimum atomic E-state index is -0.459. The van der Waals surface area contributed by atoms with E-state index < -0.39 is 5.91 Å². The summed E-state index contributed by atoms with van der Waals surface area (Å²) in [6.45, 7) is 0.126. The van der Waals surface area contributed by atoms with Gasteiger partial charge in [-0.05, 0) is 29.6 Å². The summed E-state index contributed by atoms with van der Waals surface area (Å²) in [6, 6.07) is 6.66. The number of fused-ring (bicyclic) bond motifs is 1. The van der Waals surface area contributed by atoms with E-state index in [1.807, 2.05) is 16.8 Å². The van der Waals surface area contributed by atoms with Crippen molar-refractivity contribution in [2.75, 3.05) is 6.79 Å². The van der Waals surface area contributed by atoms with Gasteiger partial charge in [0.25, 0.3) is 5.91 Å². The summed E-state index contributed by atoms with van der Waals surface area (Å²) in [5.74, 6) is 1.08. The van der Waals surface area contributed by atoms with E-state index in [1.54, 1.807) is 18.2 Å². The molecule has 1 aromatic carbocycles. The molecule has 138 valence electrons. The van der Waals surface area contributed by atoms with Gasteiger partial charge in [0.05, 0.1) is 0 Å². The first-order valence-electron chi connectivity index (χ1n) is 8.03. The molecular formula is C17H14N4O5S. The molecule has 1 aliphatic heterocycles. The Morgan fingerprint density at radius 1 is 1.15 bits per heavy atom. The second-order valence-corrected chi connectivity index (χ2v) is 6.37. The number of rotatable bonds is 5. The lowest BCUT2D eigenvalue weighted by Crippen LogP contribution is -2.41. The predicted octanol–water partition coefficient (Wildman–Crippen LogP) is 1.92. The minimum Gasteiger partial charge on any atom is -0.454 e. The third kappa shape index (κ3) is 3.90. The quantitative estimate of drug-likeness (QED) is 0.644. The number of hydrazine groups is 1. The van der Waals surface area contributed by atoms with Crippen molar-refractivity contribution in [3.05, 3.63) is 46.5 Å². The highest BCUT2D eigenvalue weighted by atomic mass is 32.1. The Hall–Kier alpha value is -3.40. The summed E-state index contributed by atoms with van der Waals surface area (Å²) in [6.07, 6.45) is 0.357. The van der Waals surface area contributed by atoms with Crippen molar-refractivity contribution in [3.63, 3.8) is 0 Å². The number of amides is 2. The van der Waals surface area contributed by atoms with Crippen LogP contribution in [0.2, 0.25) is 0 Å². The monoisotopic (exact) mass is 386 g/mol. The van der Waals surface area contributed by atoms with E-state index in [2.05, 4.69) is 21.0 Å². The molecule has 2 amide bonds. The number of hydrogen-bond donors (Lipinski definition) is 2. The molecule has 9 nitrogen and oxygen atoms in total. The van der Waals surface area contributed by atoms with E-state index in [1.165, 1.54) is 11.3 Å². The van der Waals surface area contributed by atoms with Gasteiger partial charge in [0, 0.05) is 29.3 Å². The highest BCUT2D eigenvalue weighted by molar-refractivity contribution is 7.08. The lowest BCUT2D eigenvalue weighted by atomic mass is 10.2. The van der Waals surface area contributed by atoms with E-state index in [9.17, 15) is 9.59 Å². The number of aromatic nitrogens is 2.